The third kappa shape index (κ3) is 71.0. The van der Waals surface area contributed by atoms with Gasteiger partial charge in [0.15, 0.2) is 0 Å². The summed E-state index contributed by atoms with van der Waals surface area (Å²) in [4.78, 5) is 24.6. The molecule has 85 heavy (non-hydrogen) atoms. The fourth-order valence-electron chi connectivity index (χ4n) is 12.3. The van der Waals surface area contributed by atoms with E-state index >= 15 is 0 Å². The first kappa shape index (κ1) is 83.1. The summed E-state index contributed by atoms with van der Waals surface area (Å²) in [5.74, 6) is -0.0441. The predicted octanol–water partition coefficient (Wildman–Crippen LogP) is 25.4. The van der Waals surface area contributed by atoms with Gasteiger partial charge in [-0.25, -0.2) is 0 Å². The lowest BCUT2D eigenvalue weighted by atomic mass is 10.0. The molecular weight excluding hydrogens is 1040 g/mol. The Kier molecular flexibility index (Phi) is 72.9. The van der Waals surface area contributed by atoms with Gasteiger partial charge < -0.3 is 20.3 Å². The first-order chi connectivity index (χ1) is 42.0. The van der Waals surface area contributed by atoms with E-state index < -0.39 is 12.1 Å². The Labute approximate surface area is 532 Å². The number of hydrogen-bond acceptors (Lipinski definition) is 5. The number of amides is 1. The number of rotatable bonds is 73. The Balaban J connectivity index is 3.30. The summed E-state index contributed by atoms with van der Waals surface area (Å²) in [5, 5.41) is 23.2. The molecule has 0 aromatic rings. The van der Waals surface area contributed by atoms with Gasteiger partial charge >= 0.3 is 5.97 Å². The average Bonchev–Trinajstić information content (AvgIpc) is 3.52. The second-order valence-electron chi connectivity index (χ2n) is 26.7. The Hall–Kier alpha value is -1.92. The zero-order valence-electron chi connectivity index (χ0n) is 57.6. The number of esters is 1. The maximum absolute atomic E-state index is 12.5. The van der Waals surface area contributed by atoms with Gasteiger partial charge in [0, 0.05) is 12.8 Å². The highest BCUT2D eigenvalue weighted by Gasteiger charge is 2.18. The van der Waals surface area contributed by atoms with E-state index in [2.05, 4.69) is 43.5 Å². The van der Waals surface area contributed by atoms with Gasteiger partial charge in [0.2, 0.25) is 5.91 Å². The fraction of sp³-hybridized carbons (Fsp3) is 0.899. The lowest BCUT2D eigenvalue weighted by Gasteiger charge is -2.20. The molecule has 0 aliphatic carbocycles. The number of ether oxygens (including phenoxy) is 1. The standard InChI is InChI=1S/C79H151NO5/c1-3-5-7-9-11-13-15-17-19-41-45-49-53-57-61-65-69-73-79(84)85-74-70-66-62-58-54-50-46-43-40-38-36-34-32-30-28-26-24-22-20-21-23-25-27-29-31-33-35-37-39-42-44-48-52-56-60-64-68-72-78(83)80-76(75-81)77(82)71-67-63-59-55-51-47-18-16-14-12-10-8-6-4-2/h11,13,17,19,67,71,76-77,81-82H,3-10,12,14-16,18,20-66,68-70,72-75H2,1-2H3,(H,80,83)/b13-11-,19-17-,71-67+. The second-order valence-corrected chi connectivity index (χ2v) is 26.7. The molecule has 6 nitrogen and oxygen atoms in total. The lowest BCUT2D eigenvalue weighted by molar-refractivity contribution is -0.143. The summed E-state index contributed by atoms with van der Waals surface area (Å²) < 4.78 is 5.51. The van der Waals surface area contributed by atoms with E-state index in [1.807, 2.05) is 6.08 Å². The molecule has 0 rings (SSSR count). The zero-order chi connectivity index (χ0) is 61.3. The normalized spacial score (nSPS) is 12.7. The number of nitrogens with one attached hydrogen (secondary N) is 1. The van der Waals surface area contributed by atoms with Crippen LogP contribution < -0.4 is 5.32 Å². The summed E-state index contributed by atoms with van der Waals surface area (Å²) in [6.45, 7) is 4.91. The van der Waals surface area contributed by atoms with Crippen molar-refractivity contribution >= 4 is 11.9 Å². The predicted molar refractivity (Wildman–Crippen MR) is 375 cm³/mol. The molecule has 0 spiro atoms. The lowest BCUT2D eigenvalue weighted by Crippen LogP contribution is -2.45. The van der Waals surface area contributed by atoms with Crippen molar-refractivity contribution in [1.82, 2.24) is 5.32 Å². The minimum atomic E-state index is -0.840. The molecule has 6 heteroatoms. The van der Waals surface area contributed by atoms with Gasteiger partial charge in [0.25, 0.3) is 0 Å². The van der Waals surface area contributed by atoms with Crippen LogP contribution in [0.4, 0.5) is 0 Å². The van der Waals surface area contributed by atoms with Gasteiger partial charge in [-0.15, -0.1) is 0 Å². The van der Waals surface area contributed by atoms with Crippen molar-refractivity contribution in [3.05, 3.63) is 36.5 Å². The number of hydrogen-bond donors (Lipinski definition) is 3. The van der Waals surface area contributed by atoms with Crippen molar-refractivity contribution in [2.45, 2.75) is 443 Å². The van der Waals surface area contributed by atoms with E-state index in [0.717, 1.165) is 51.4 Å². The highest BCUT2D eigenvalue weighted by molar-refractivity contribution is 5.76. The van der Waals surface area contributed by atoms with Gasteiger partial charge in [0.05, 0.1) is 25.4 Å². The topological polar surface area (TPSA) is 95.9 Å². The van der Waals surface area contributed by atoms with Crippen molar-refractivity contribution in [3.8, 4) is 0 Å². The highest BCUT2D eigenvalue weighted by Crippen LogP contribution is 2.20. The first-order valence-electron chi connectivity index (χ1n) is 38.8. The van der Waals surface area contributed by atoms with Gasteiger partial charge in [-0.05, 0) is 64.2 Å². The molecule has 0 aromatic heterocycles. The van der Waals surface area contributed by atoms with Crippen LogP contribution in [0.15, 0.2) is 36.5 Å². The van der Waals surface area contributed by atoms with Crippen molar-refractivity contribution in [3.63, 3.8) is 0 Å². The SMILES string of the molecule is CCCCC/C=C\C/C=C\CCCCCCCCCC(=O)OCCCCCCCCCCCCCCCCCCCCCCCCCCCCCCCCCCCCCCCC(=O)NC(CO)C(O)/C=C/CCCCCCCCCCCCCC. The summed E-state index contributed by atoms with van der Waals surface area (Å²) in [7, 11) is 0. The molecule has 0 saturated heterocycles. The van der Waals surface area contributed by atoms with Gasteiger partial charge in [-0.2, -0.15) is 0 Å². The van der Waals surface area contributed by atoms with Crippen LogP contribution in [0.25, 0.3) is 0 Å². The van der Waals surface area contributed by atoms with Gasteiger partial charge in [-0.1, -0.05) is 391 Å². The largest absolute Gasteiger partial charge is 0.466 e. The molecule has 0 saturated carbocycles. The van der Waals surface area contributed by atoms with E-state index in [0.29, 0.717) is 19.4 Å². The summed E-state index contributed by atoms with van der Waals surface area (Å²) in [6.07, 6.45) is 97.0. The summed E-state index contributed by atoms with van der Waals surface area (Å²) >= 11 is 0. The van der Waals surface area contributed by atoms with E-state index in [-0.39, 0.29) is 18.5 Å². The minimum Gasteiger partial charge on any atom is -0.466 e. The Bertz CT molecular complexity index is 1380. The molecule has 0 aliphatic heterocycles. The number of allylic oxidation sites excluding steroid dienone is 5. The van der Waals surface area contributed by atoms with Crippen LogP contribution in [0.3, 0.4) is 0 Å². The third-order valence-electron chi connectivity index (χ3n) is 18.2. The van der Waals surface area contributed by atoms with Crippen molar-refractivity contribution < 1.29 is 24.5 Å². The molecule has 3 N–H and O–H groups in total. The number of aliphatic hydroxyl groups is 2. The molecule has 0 bridgehead atoms. The smallest absolute Gasteiger partial charge is 0.305 e. The van der Waals surface area contributed by atoms with Crippen molar-refractivity contribution in [2.75, 3.05) is 13.2 Å². The van der Waals surface area contributed by atoms with Crippen molar-refractivity contribution in [2.24, 2.45) is 0 Å². The van der Waals surface area contributed by atoms with E-state index in [9.17, 15) is 19.8 Å². The maximum atomic E-state index is 12.5. The van der Waals surface area contributed by atoms with Crippen LogP contribution in [0, 0.1) is 0 Å². The van der Waals surface area contributed by atoms with Gasteiger partial charge in [0.1, 0.15) is 0 Å². The number of aliphatic hydroxyl groups excluding tert-OH is 2. The molecule has 0 aromatic carbocycles. The highest BCUT2D eigenvalue weighted by atomic mass is 16.5. The fourth-order valence-corrected chi connectivity index (χ4v) is 12.3. The van der Waals surface area contributed by atoms with E-state index in [1.165, 1.54) is 353 Å². The monoisotopic (exact) mass is 1190 g/mol. The molecule has 2 unspecified atom stereocenters. The molecular formula is C79H151NO5. The van der Waals surface area contributed by atoms with Gasteiger partial charge in [-0.3, -0.25) is 9.59 Å². The van der Waals surface area contributed by atoms with Crippen molar-refractivity contribution in [1.29, 1.82) is 0 Å². The maximum Gasteiger partial charge on any atom is 0.305 e. The van der Waals surface area contributed by atoms with E-state index in [4.69, 9.17) is 4.74 Å². The second kappa shape index (κ2) is 74.5. The molecule has 502 valence electrons. The summed E-state index contributed by atoms with van der Waals surface area (Å²) in [5.41, 5.74) is 0. The van der Waals surface area contributed by atoms with Crippen LogP contribution in [0.5, 0.6) is 0 Å². The number of carbonyl (C=O) groups is 2. The van der Waals surface area contributed by atoms with Crippen LogP contribution >= 0.6 is 0 Å². The van der Waals surface area contributed by atoms with Crippen LogP contribution in [-0.4, -0.2) is 47.4 Å². The average molecular weight is 1200 g/mol. The molecule has 0 heterocycles. The molecule has 0 fully saturated rings. The molecule has 1 amide bonds. The Morgan fingerprint density at radius 2 is 0.588 bits per heavy atom. The quantitative estimate of drug-likeness (QED) is 0.0320. The zero-order valence-corrected chi connectivity index (χ0v) is 57.6. The number of unbranched alkanes of at least 4 members (excludes halogenated alkanes) is 58. The third-order valence-corrected chi connectivity index (χ3v) is 18.2. The molecule has 0 radical (unpaired) electrons. The van der Waals surface area contributed by atoms with E-state index in [1.54, 1.807) is 6.08 Å². The minimum absolute atomic E-state index is 0.0159. The van der Waals surface area contributed by atoms with Crippen LogP contribution in [0.2, 0.25) is 0 Å². The van der Waals surface area contributed by atoms with Crippen LogP contribution in [-0.2, 0) is 14.3 Å². The van der Waals surface area contributed by atoms with Crippen LogP contribution in [0.1, 0.15) is 431 Å². The molecule has 2 atom stereocenters. The first-order valence-corrected chi connectivity index (χ1v) is 38.8. The molecule has 0 aliphatic rings. The number of carbonyl (C=O) groups excluding carboxylic acids is 2. The Morgan fingerprint density at radius 1 is 0.329 bits per heavy atom. The summed E-state index contributed by atoms with van der Waals surface area (Å²) in [6, 6.07) is -0.623. The Morgan fingerprint density at radius 3 is 0.918 bits per heavy atom.